The molecule has 0 unspecified atom stereocenters. The van der Waals surface area contributed by atoms with E-state index in [9.17, 15) is 4.79 Å². The van der Waals surface area contributed by atoms with Crippen LogP contribution in [0.5, 0.6) is 0 Å². The van der Waals surface area contributed by atoms with Gasteiger partial charge in [-0.15, -0.1) is 0 Å². The van der Waals surface area contributed by atoms with Gasteiger partial charge in [0.1, 0.15) is 0 Å². The van der Waals surface area contributed by atoms with Crippen molar-refractivity contribution in [3.05, 3.63) is 0 Å². The zero-order valence-corrected chi connectivity index (χ0v) is 8.13. The van der Waals surface area contributed by atoms with Gasteiger partial charge in [-0.3, -0.25) is 4.79 Å². The number of hydrogen-bond acceptors (Lipinski definition) is 3. The van der Waals surface area contributed by atoms with E-state index in [1.807, 2.05) is 0 Å². The Morgan fingerprint density at radius 1 is 1.23 bits per heavy atom. The molecule has 0 saturated heterocycles. The molecule has 0 heterocycles. The standard InChI is InChI=1S/C10H19NO2/c11-7-10(12)13-8-9-5-3-1-2-4-6-9/h9H,1-8,11H2. The fourth-order valence-corrected chi connectivity index (χ4v) is 1.80. The summed E-state index contributed by atoms with van der Waals surface area (Å²) in [6.07, 6.45) is 7.65. The normalized spacial score (nSPS) is 19.5. The fraction of sp³-hybridized carbons (Fsp3) is 0.900. The number of carbonyl (C=O) groups excluding carboxylic acids is 1. The molecule has 0 aliphatic heterocycles. The smallest absolute Gasteiger partial charge is 0.319 e. The van der Waals surface area contributed by atoms with Gasteiger partial charge in [0.2, 0.25) is 0 Å². The van der Waals surface area contributed by atoms with Crippen LogP contribution in [-0.4, -0.2) is 19.1 Å². The molecular weight excluding hydrogens is 166 g/mol. The van der Waals surface area contributed by atoms with Crippen LogP contribution in [-0.2, 0) is 9.53 Å². The lowest BCUT2D eigenvalue weighted by Gasteiger charge is -2.13. The van der Waals surface area contributed by atoms with E-state index in [1.165, 1.54) is 38.5 Å². The Morgan fingerprint density at radius 3 is 2.38 bits per heavy atom. The number of esters is 1. The van der Waals surface area contributed by atoms with Gasteiger partial charge in [-0.2, -0.15) is 0 Å². The second kappa shape index (κ2) is 5.97. The minimum Gasteiger partial charge on any atom is -0.464 e. The SMILES string of the molecule is NCC(=O)OCC1CCCCCC1. The second-order valence-electron chi connectivity index (χ2n) is 3.74. The average molecular weight is 185 g/mol. The Hall–Kier alpha value is -0.570. The average Bonchev–Trinajstić information content (AvgIpc) is 2.42. The molecule has 0 aromatic rings. The highest BCUT2D eigenvalue weighted by atomic mass is 16.5. The van der Waals surface area contributed by atoms with Gasteiger partial charge in [-0.1, -0.05) is 25.7 Å². The Labute approximate surface area is 79.6 Å². The maximum Gasteiger partial charge on any atom is 0.319 e. The van der Waals surface area contributed by atoms with Crippen LogP contribution in [0, 0.1) is 5.92 Å². The molecule has 0 radical (unpaired) electrons. The molecule has 1 rings (SSSR count). The van der Waals surface area contributed by atoms with Gasteiger partial charge in [-0.25, -0.2) is 0 Å². The van der Waals surface area contributed by atoms with Crippen LogP contribution >= 0.6 is 0 Å². The van der Waals surface area contributed by atoms with Crippen molar-refractivity contribution in [2.75, 3.05) is 13.2 Å². The first kappa shape index (κ1) is 10.5. The minimum absolute atomic E-state index is 0.00667. The first-order valence-corrected chi connectivity index (χ1v) is 5.18. The van der Waals surface area contributed by atoms with Gasteiger partial charge < -0.3 is 10.5 Å². The summed E-state index contributed by atoms with van der Waals surface area (Å²) in [6, 6.07) is 0. The predicted molar refractivity (Wildman–Crippen MR) is 51.2 cm³/mol. The molecular formula is C10H19NO2. The molecule has 3 nitrogen and oxygen atoms in total. The maximum absolute atomic E-state index is 10.8. The van der Waals surface area contributed by atoms with E-state index in [1.54, 1.807) is 0 Å². The number of carbonyl (C=O) groups is 1. The number of nitrogens with two attached hydrogens (primary N) is 1. The molecule has 0 atom stereocenters. The third-order valence-electron chi connectivity index (χ3n) is 2.62. The summed E-state index contributed by atoms with van der Waals surface area (Å²) in [4.78, 5) is 10.8. The van der Waals surface area contributed by atoms with Crippen molar-refractivity contribution in [3.63, 3.8) is 0 Å². The lowest BCUT2D eigenvalue weighted by molar-refractivity contribution is -0.143. The van der Waals surface area contributed by atoms with Crippen molar-refractivity contribution >= 4 is 5.97 Å². The van der Waals surface area contributed by atoms with E-state index < -0.39 is 0 Å². The third kappa shape index (κ3) is 4.27. The Kier molecular flexibility index (Phi) is 4.83. The Balaban J connectivity index is 2.15. The fourth-order valence-electron chi connectivity index (χ4n) is 1.80. The lowest BCUT2D eigenvalue weighted by Crippen LogP contribution is -2.20. The van der Waals surface area contributed by atoms with E-state index in [0.717, 1.165) is 0 Å². The van der Waals surface area contributed by atoms with Crippen molar-refractivity contribution in [2.24, 2.45) is 11.7 Å². The summed E-state index contributed by atoms with van der Waals surface area (Å²) in [6.45, 7) is 0.586. The third-order valence-corrected chi connectivity index (χ3v) is 2.62. The molecule has 13 heavy (non-hydrogen) atoms. The molecule has 1 saturated carbocycles. The molecule has 1 fully saturated rings. The topological polar surface area (TPSA) is 52.3 Å². The van der Waals surface area contributed by atoms with Gasteiger partial charge >= 0.3 is 5.97 Å². The summed E-state index contributed by atoms with van der Waals surface area (Å²) in [5, 5.41) is 0. The highest BCUT2D eigenvalue weighted by Crippen LogP contribution is 2.22. The lowest BCUT2D eigenvalue weighted by atomic mass is 10.0. The summed E-state index contributed by atoms with van der Waals surface area (Å²) >= 11 is 0. The monoisotopic (exact) mass is 185 g/mol. The highest BCUT2D eigenvalue weighted by Gasteiger charge is 2.13. The molecule has 2 N–H and O–H groups in total. The van der Waals surface area contributed by atoms with Crippen LogP contribution in [0.25, 0.3) is 0 Å². The van der Waals surface area contributed by atoms with Crippen LogP contribution in [0.15, 0.2) is 0 Å². The molecule has 0 spiro atoms. The highest BCUT2D eigenvalue weighted by molar-refractivity contribution is 5.71. The van der Waals surface area contributed by atoms with Crippen molar-refractivity contribution in [1.82, 2.24) is 0 Å². The van der Waals surface area contributed by atoms with E-state index in [4.69, 9.17) is 10.5 Å². The van der Waals surface area contributed by atoms with E-state index in [2.05, 4.69) is 0 Å². The second-order valence-corrected chi connectivity index (χ2v) is 3.74. The van der Waals surface area contributed by atoms with Gasteiger partial charge in [0.25, 0.3) is 0 Å². The van der Waals surface area contributed by atoms with Gasteiger partial charge in [0, 0.05) is 0 Å². The summed E-state index contributed by atoms with van der Waals surface area (Å²) in [7, 11) is 0. The molecule has 1 aliphatic rings. The molecule has 0 aromatic carbocycles. The molecule has 3 heteroatoms. The van der Waals surface area contributed by atoms with Crippen molar-refractivity contribution < 1.29 is 9.53 Å². The van der Waals surface area contributed by atoms with Crippen LogP contribution < -0.4 is 5.73 Å². The summed E-state index contributed by atoms with van der Waals surface area (Å²) in [5.74, 6) is 0.308. The van der Waals surface area contributed by atoms with Crippen LogP contribution in [0.1, 0.15) is 38.5 Å². The summed E-state index contributed by atoms with van der Waals surface area (Å²) < 4.78 is 5.02. The van der Waals surface area contributed by atoms with Crippen molar-refractivity contribution in [3.8, 4) is 0 Å². The van der Waals surface area contributed by atoms with Crippen molar-refractivity contribution in [1.29, 1.82) is 0 Å². The van der Waals surface area contributed by atoms with E-state index in [-0.39, 0.29) is 12.5 Å². The van der Waals surface area contributed by atoms with Crippen LogP contribution in [0.3, 0.4) is 0 Å². The zero-order valence-electron chi connectivity index (χ0n) is 8.13. The molecule has 76 valence electrons. The molecule has 0 bridgehead atoms. The molecule has 1 aliphatic carbocycles. The van der Waals surface area contributed by atoms with E-state index in [0.29, 0.717) is 12.5 Å². The van der Waals surface area contributed by atoms with Gasteiger partial charge in [-0.05, 0) is 18.8 Å². The van der Waals surface area contributed by atoms with Crippen molar-refractivity contribution in [2.45, 2.75) is 38.5 Å². The molecule has 0 aromatic heterocycles. The number of ether oxygens (including phenoxy) is 1. The first-order chi connectivity index (χ1) is 6.33. The molecule has 0 amide bonds. The van der Waals surface area contributed by atoms with Gasteiger partial charge in [0.15, 0.2) is 0 Å². The van der Waals surface area contributed by atoms with E-state index >= 15 is 0 Å². The Bertz CT molecular complexity index is 151. The summed E-state index contributed by atoms with van der Waals surface area (Å²) in [5.41, 5.74) is 5.14. The minimum atomic E-state index is -0.274. The van der Waals surface area contributed by atoms with Crippen LogP contribution in [0.4, 0.5) is 0 Å². The maximum atomic E-state index is 10.8. The predicted octanol–water partition coefficient (Wildman–Crippen LogP) is 1.46. The first-order valence-electron chi connectivity index (χ1n) is 5.18. The van der Waals surface area contributed by atoms with Gasteiger partial charge in [0.05, 0.1) is 13.2 Å². The largest absolute Gasteiger partial charge is 0.464 e. The number of rotatable bonds is 3. The van der Waals surface area contributed by atoms with Crippen LogP contribution in [0.2, 0.25) is 0 Å². The zero-order chi connectivity index (χ0) is 9.52. The number of hydrogen-bond donors (Lipinski definition) is 1. The quantitative estimate of drug-likeness (QED) is 0.535. The Morgan fingerprint density at radius 2 is 1.85 bits per heavy atom.